The van der Waals surface area contributed by atoms with Gasteiger partial charge in [0.1, 0.15) is 12.6 Å². The second-order valence-corrected chi connectivity index (χ2v) is 11.6. The third kappa shape index (κ3) is 21.5. The molecule has 0 aliphatic carbocycles. The predicted octanol–water partition coefficient (Wildman–Crippen LogP) is 4.58. The van der Waals surface area contributed by atoms with Gasteiger partial charge in [-0.25, -0.2) is 0 Å². The monoisotopic (exact) mass is 472 g/mol. The minimum absolute atomic E-state index is 0.303. The van der Waals surface area contributed by atoms with Gasteiger partial charge < -0.3 is 19.6 Å². The zero-order valence-corrected chi connectivity index (χ0v) is 20.9. The zero-order chi connectivity index (χ0) is 22.9. The Hall–Kier alpha value is 0.220. The van der Waals surface area contributed by atoms with E-state index < -0.39 is 15.2 Å². The van der Waals surface area contributed by atoms with E-state index in [9.17, 15) is 28.7 Å². The summed E-state index contributed by atoms with van der Waals surface area (Å²) in [6, 6.07) is 0. The van der Waals surface area contributed by atoms with E-state index in [1.165, 1.54) is 38.5 Å². The van der Waals surface area contributed by atoms with Crippen LogP contribution < -0.4 is 0 Å². The van der Waals surface area contributed by atoms with Crippen molar-refractivity contribution in [2.45, 2.75) is 90.9 Å². The first-order chi connectivity index (χ1) is 14.1. The van der Waals surface area contributed by atoms with Crippen LogP contribution in [0.25, 0.3) is 0 Å². The molecule has 8 nitrogen and oxygen atoms in total. The smallest absolute Gasteiger partial charge is 0.324 e. The third-order valence-electron chi connectivity index (χ3n) is 5.16. The first-order valence-electron chi connectivity index (χ1n) is 11.6. The largest absolute Gasteiger partial charge is 0.339 e. The molecule has 0 rings (SSSR count). The Balaban J connectivity index is 4.55. The highest BCUT2D eigenvalue weighted by atomic mass is 31.2. The van der Waals surface area contributed by atoms with Crippen molar-refractivity contribution in [3.63, 3.8) is 0 Å². The van der Waals surface area contributed by atoms with Crippen LogP contribution >= 0.6 is 15.2 Å². The molecular formula is C20H46N2O6P2. The van der Waals surface area contributed by atoms with Gasteiger partial charge in [0, 0.05) is 13.1 Å². The summed E-state index contributed by atoms with van der Waals surface area (Å²) in [5.74, 6) is 0. The molecule has 4 N–H and O–H groups in total. The molecule has 10 heteroatoms. The average molecular weight is 473 g/mol. The van der Waals surface area contributed by atoms with E-state index in [4.69, 9.17) is 0 Å². The average Bonchev–Trinajstić information content (AvgIpc) is 2.62. The lowest BCUT2D eigenvalue weighted by Crippen LogP contribution is -2.37. The van der Waals surface area contributed by atoms with E-state index in [2.05, 4.69) is 13.8 Å². The molecular weight excluding hydrogens is 426 g/mol. The first kappa shape index (κ1) is 30.2. The van der Waals surface area contributed by atoms with Crippen LogP contribution in [0.2, 0.25) is 0 Å². The molecule has 0 unspecified atom stereocenters. The van der Waals surface area contributed by atoms with Gasteiger partial charge in [0.15, 0.2) is 0 Å². The predicted molar refractivity (Wildman–Crippen MR) is 124 cm³/mol. The minimum atomic E-state index is -4.17. The molecule has 0 aromatic rings. The number of hydrogen-bond donors (Lipinski definition) is 4. The van der Waals surface area contributed by atoms with Crippen molar-refractivity contribution in [2.75, 3.05) is 38.8 Å². The summed E-state index contributed by atoms with van der Waals surface area (Å²) in [5.41, 5.74) is 0. The van der Waals surface area contributed by atoms with Crippen LogP contribution in [0.15, 0.2) is 0 Å². The summed E-state index contributed by atoms with van der Waals surface area (Å²) in [5, 5.41) is 0. The maximum Gasteiger partial charge on any atom is 0.339 e. The third-order valence-corrected chi connectivity index (χ3v) is 6.69. The molecule has 0 fully saturated rings. The molecule has 0 bridgehead atoms. The van der Waals surface area contributed by atoms with E-state index in [1.54, 1.807) is 9.80 Å². The van der Waals surface area contributed by atoms with Crippen molar-refractivity contribution in [2.24, 2.45) is 0 Å². The van der Waals surface area contributed by atoms with Crippen LogP contribution in [0.5, 0.6) is 0 Å². The standard InChI is InChI=1S/C20H46N2O6P2/c1-3-5-7-9-11-13-15-21(19-29(23,24)25)17-18-22(20-30(26,27)28)16-14-12-10-8-6-4-2/h3-20H2,1-2H3,(H2,23,24,25)(H2,26,27,28). The van der Waals surface area contributed by atoms with Crippen LogP contribution in [-0.2, 0) is 9.13 Å². The fourth-order valence-corrected chi connectivity index (χ4v) is 5.15. The van der Waals surface area contributed by atoms with Crippen molar-refractivity contribution >= 4 is 15.2 Å². The van der Waals surface area contributed by atoms with Gasteiger partial charge in [-0.05, 0) is 25.9 Å². The maximum atomic E-state index is 11.5. The van der Waals surface area contributed by atoms with Gasteiger partial charge >= 0.3 is 15.2 Å². The van der Waals surface area contributed by atoms with Crippen molar-refractivity contribution in [1.82, 2.24) is 9.80 Å². The lowest BCUT2D eigenvalue weighted by atomic mass is 10.1. The Morgan fingerprint density at radius 2 is 0.800 bits per heavy atom. The quantitative estimate of drug-likeness (QED) is 0.141. The maximum absolute atomic E-state index is 11.5. The topological polar surface area (TPSA) is 122 Å². The van der Waals surface area contributed by atoms with Crippen LogP contribution in [-0.4, -0.2) is 68.1 Å². The lowest BCUT2D eigenvalue weighted by Gasteiger charge is -2.28. The van der Waals surface area contributed by atoms with Crippen LogP contribution in [0.4, 0.5) is 0 Å². The number of rotatable bonds is 21. The van der Waals surface area contributed by atoms with Gasteiger partial charge in [-0.2, -0.15) is 0 Å². The van der Waals surface area contributed by atoms with E-state index in [1.807, 2.05) is 0 Å². The van der Waals surface area contributed by atoms with Crippen LogP contribution in [0.1, 0.15) is 90.9 Å². The first-order valence-corrected chi connectivity index (χ1v) is 15.2. The second-order valence-electron chi connectivity index (χ2n) is 8.38. The Labute approximate surface area is 183 Å². The Kier molecular flexibility index (Phi) is 17.9. The van der Waals surface area contributed by atoms with Gasteiger partial charge in [0.2, 0.25) is 0 Å². The highest BCUT2D eigenvalue weighted by Crippen LogP contribution is 2.36. The Bertz CT molecular complexity index is 454. The summed E-state index contributed by atoms with van der Waals surface area (Å²) < 4.78 is 23.0. The molecule has 0 saturated heterocycles. The zero-order valence-electron chi connectivity index (χ0n) is 19.1. The fraction of sp³-hybridized carbons (Fsp3) is 1.00. The minimum Gasteiger partial charge on any atom is -0.324 e. The molecule has 0 spiro atoms. The molecule has 0 aliphatic heterocycles. The second kappa shape index (κ2) is 17.7. The van der Waals surface area contributed by atoms with Gasteiger partial charge in [-0.3, -0.25) is 18.9 Å². The fourth-order valence-electron chi connectivity index (χ4n) is 3.54. The molecule has 182 valence electrons. The van der Waals surface area contributed by atoms with Crippen LogP contribution in [0.3, 0.4) is 0 Å². The van der Waals surface area contributed by atoms with E-state index in [-0.39, 0.29) is 12.6 Å². The summed E-state index contributed by atoms with van der Waals surface area (Å²) in [7, 11) is -8.34. The molecule has 0 aromatic heterocycles. The summed E-state index contributed by atoms with van der Waals surface area (Å²) >= 11 is 0. The highest BCUT2D eigenvalue weighted by Gasteiger charge is 2.22. The van der Waals surface area contributed by atoms with Gasteiger partial charge in [0.05, 0.1) is 0 Å². The number of hydrogen-bond acceptors (Lipinski definition) is 4. The van der Waals surface area contributed by atoms with E-state index >= 15 is 0 Å². The molecule has 0 radical (unpaired) electrons. The molecule has 0 atom stereocenters. The summed E-state index contributed by atoms with van der Waals surface area (Å²) in [4.78, 5) is 41.0. The number of unbranched alkanes of at least 4 members (excludes halogenated alkanes) is 10. The summed E-state index contributed by atoms with van der Waals surface area (Å²) in [6.07, 6.45) is 12.6. The lowest BCUT2D eigenvalue weighted by molar-refractivity contribution is 0.211. The molecule has 0 saturated carbocycles. The normalized spacial score (nSPS) is 12.9. The van der Waals surface area contributed by atoms with Crippen LogP contribution in [0, 0.1) is 0 Å². The highest BCUT2D eigenvalue weighted by molar-refractivity contribution is 7.51. The molecule has 0 aliphatic rings. The summed E-state index contributed by atoms with van der Waals surface area (Å²) in [6.45, 7) is 6.31. The van der Waals surface area contributed by atoms with Gasteiger partial charge in [-0.1, -0.05) is 78.1 Å². The van der Waals surface area contributed by atoms with Crippen molar-refractivity contribution in [1.29, 1.82) is 0 Å². The van der Waals surface area contributed by atoms with Crippen molar-refractivity contribution in [3.8, 4) is 0 Å². The van der Waals surface area contributed by atoms with E-state index in [0.29, 0.717) is 26.2 Å². The molecule has 0 heterocycles. The van der Waals surface area contributed by atoms with E-state index in [0.717, 1.165) is 38.5 Å². The molecule has 0 aromatic carbocycles. The SMILES string of the molecule is CCCCCCCCN(CCN(CCCCCCCC)CP(=O)(O)O)CP(=O)(O)O. The van der Waals surface area contributed by atoms with Crippen molar-refractivity contribution in [3.05, 3.63) is 0 Å². The Morgan fingerprint density at radius 3 is 1.10 bits per heavy atom. The molecule has 30 heavy (non-hydrogen) atoms. The molecule has 0 amide bonds. The van der Waals surface area contributed by atoms with Gasteiger partial charge in [-0.15, -0.1) is 0 Å². The Morgan fingerprint density at radius 1 is 0.500 bits per heavy atom. The van der Waals surface area contributed by atoms with Crippen molar-refractivity contribution < 1.29 is 28.7 Å². The number of nitrogens with zero attached hydrogens (tertiary/aromatic N) is 2. The van der Waals surface area contributed by atoms with Gasteiger partial charge in [0.25, 0.3) is 0 Å².